The predicted octanol–water partition coefficient (Wildman–Crippen LogP) is 2.94. The van der Waals surface area contributed by atoms with E-state index in [0.29, 0.717) is 12.3 Å². The molecule has 1 aromatic rings. The van der Waals surface area contributed by atoms with Crippen LogP contribution in [0.15, 0.2) is 24.3 Å². The maximum Gasteiger partial charge on any atom is 0.308 e. The van der Waals surface area contributed by atoms with E-state index < -0.39 is 11.9 Å². The second kappa shape index (κ2) is 7.68. The number of benzene rings is 1. The molecule has 1 aromatic carbocycles. The fraction of sp³-hybridized carbons (Fsp3) is 0.529. The van der Waals surface area contributed by atoms with E-state index in [1.807, 2.05) is 6.07 Å². The summed E-state index contributed by atoms with van der Waals surface area (Å²) in [6.07, 6.45) is 2.00. The number of amides is 1. The molecule has 0 heterocycles. The Balaban J connectivity index is 1.82. The van der Waals surface area contributed by atoms with Gasteiger partial charge in [0, 0.05) is 18.3 Å². The summed E-state index contributed by atoms with van der Waals surface area (Å²) < 4.78 is 0. The van der Waals surface area contributed by atoms with E-state index >= 15 is 0 Å². The third-order valence-electron chi connectivity index (χ3n) is 3.78. The smallest absolute Gasteiger partial charge is 0.308 e. The Bertz CT molecular complexity index is 542. The fourth-order valence-corrected chi connectivity index (χ4v) is 3.21. The highest BCUT2D eigenvalue weighted by molar-refractivity contribution is 7.99. The lowest BCUT2D eigenvalue weighted by atomic mass is 10.1. The van der Waals surface area contributed by atoms with Gasteiger partial charge in [-0.15, -0.1) is 11.8 Å². The number of carbonyl (C=O) groups excluding carboxylic acids is 1. The molecule has 0 aliphatic heterocycles. The normalized spacial score (nSPS) is 15.4. The molecule has 0 radical (unpaired) electrons. The molecule has 1 saturated carbocycles. The van der Waals surface area contributed by atoms with Gasteiger partial charge in [0.1, 0.15) is 0 Å². The highest BCUT2D eigenvalue weighted by atomic mass is 32.2. The summed E-state index contributed by atoms with van der Waals surface area (Å²) in [5.41, 5.74) is 2.44. The molecule has 0 aromatic heterocycles. The molecule has 1 amide bonds. The van der Waals surface area contributed by atoms with Crippen LogP contribution in [-0.4, -0.2) is 40.2 Å². The average molecular weight is 321 g/mol. The van der Waals surface area contributed by atoms with Gasteiger partial charge in [0.05, 0.1) is 11.7 Å². The lowest BCUT2D eigenvalue weighted by molar-refractivity contribution is -0.142. The number of carbonyl (C=O) groups is 2. The van der Waals surface area contributed by atoms with Gasteiger partial charge < -0.3 is 10.0 Å². The molecule has 1 unspecified atom stereocenters. The van der Waals surface area contributed by atoms with E-state index in [4.69, 9.17) is 5.11 Å². The van der Waals surface area contributed by atoms with Gasteiger partial charge in [0.25, 0.3) is 0 Å². The Morgan fingerprint density at radius 2 is 2.14 bits per heavy atom. The summed E-state index contributed by atoms with van der Waals surface area (Å²) in [5.74, 6) is -0.0672. The number of rotatable bonds is 8. The van der Waals surface area contributed by atoms with Crippen LogP contribution in [0.3, 0.4) is 0 Å². The van der Waals surface area contributed by atoms with E-state index in [9.17, 15) is 9.59 Å². The van der Waals surface area contributed by atoms with Crippen molar-refractivity contribution in [1.29, 1.82) is 0 Å². The van der Waals surface area contributed by atoms with Crippen molar-refractivity contribution in [3.05, 3.63) is 35.4 Å². The molecule has 0 spiro atoms. The van der Waals surface area contributed by atoms with Gasteiger partial charge in [0.15, 0.2) is 0 Å². The summed E-state index contributed by atoms with van der Waals surface area (Å²) in [7, 11) is 0. The van der Waals surface area contributed by atoms with Crippen LogP contribution in [0, 0.1) is 12.8 Å². The monoisotopic (exact) mass is 321 g/mol. The highest BCUT2D eigenvalue weighted by Crippen LogP contribution is 2.28. The van der Waals surface area contributed by atoms with Crippen LogP contribution in [0.1, 0.15) is 30.9 Å². The van der Waals surface area contributed by atoms with Crippen molar-refractivity contribution < 1.29 is 14.7 Å². The Morgan fingerprint density at radius 1 is 1.41 bits per heavy atom. The van der Waals surface area contributed by atoms with E-state index in [2.05, 4.69) is 25.1 Å². The zero-order valence-corrected chi connectivity index (χ0v) is 13.9. The fourth-order valence-electron chi connectivity index (χ4n) is 2.35. The number of thioether (sulfide) groups is 1. The molecule has 0 saturated heterocycles. The number of carboxylic acid groups (broad SMARTS) is 1. The Hall–Kier alpha value is -1.49. The van der Waals surface area contributed by atoms with Crippen molar-refractivity contribution >= 4 is 23.6 Å². The second-order valence-electron chi connectivity index (χ2n) is 6.00. The van der Waals surface area contributed by atoms with Crippen molar-refractivity contribution in [3.63, 3.8) is 0 Å². The zero-order valence-electron chi connectivity index (χ0n) is 13.1. The summed E-state index contributed by atoms with van der Waals surface area (Å²) >= 11 is 1.59. The molecule has 5 heteroatoms. The van der Waals surface area contributed by atoms with Gasteiger partial charge in [-0.05, 0) is 25.3 Å². The lowest BCUT2D eigenvalue weighted by Crippen LogP contribution is -2.39. The minimum absolute atomic E-state index is 0.0632. The third kappa shape index (κ3) is 5.05. The molecule has 2 rings (SSSR count). The quantitative estimate of drug-likeness (QED) is 0.800. The van der Waals surface area contributed by atoms with Crippen molar-refractivity contribution in [2.24, 2.45) is 5.92 Å². The van der Waals surface area contributed by atoms with E-state index in [1.165, 1.54) is 11.1 Å². The largest absolute Gasteiger partial charge is 0.481 e. The maximum atomic E-state index is 12.4. The van der Waals surface area contributed by atoms with Gasteiger partial charge in [0.2, 0.25) is 5.91 Å². The zero-order chi connectivity index (χ0) is 16.1. The molecule has 22 heavy (non-hydrogen) atoms. The molecular formula is C17H23NO3S. The number of aryl methyl sites for hydroxylation is 1. The first-order valence-electron chi connectivity index (χ1n) is 7.63. The van der Waals surface area contributed by atoms with Crippen LogP contribution >= 0.6 is 11.8 Å². The van der Waals surface area contributed by atoms with Crippen molar-refractivity contribution in [3.8, 4) is 0 Å². The lowest BCUT2D eigenvalue weighted by Gasteiger charge is -2.24. The van der Waals surface area contributed by atoms with Crippen LogP contribution in [0.4, 0.5) is 0 Å². The van der Waals surface area contributed by atoms with Crippen LogP contribution < -0.4 is 0 Å². The van der Waals surface area contributed by atoms with Crippen LogP contribution in [0.25, 0.3) is 0 Å². The molecule has 1 atom stereocenters. The molecule has 120 valence electrons. The Kier molecular flexibility index (Phi) is 5.89. The van der Waals surface area contributed by atoms with Crippen molar-refractivity contribution in [2.75, 3.05) is 12.3 Å². The number of hydrogen-bond acceptors (Lipinski definition) is 3. The summed E-state index contributed by atoms with van der Waals surface area (Å²) in [4.78, 5) is 25.1. The average Bonchev–Trinajstić information content (AvgIpc) is 3.28. The van der Waals surface area contributed by atoms with Crippen molar-refractivity contribution in [2.45, 2.75) is 38.5 Å². The van der Waals surface area contributed by atoms with Gasteiger partial charge in [-0.1, -0.05) is 36.8 Å². The first-order valence-corrected chi connectivity index (χ1v) is 8.78. The standard InChI is InChI=1S/C17H23NO3S/c1-12-4-3-5-14(8-12)10-22-11-16(19)18(15-6-7-15)9-13(2)17(20)21/h3-5,8,13,15H,6-7,9-11H2,1-2H3,(H,20,21). The molecular weight excluding hydrogens is 298 g/mol. The SMILES string of the molecule is Cc1cccc(CSCC(=O)N(CC(C)C(=O)O)C2CC2)c1. The van der Waals surface area contributed by atoms with E-state index in [1.54, 1.807) is 23.6 Å². The number of aliphatic carboxylic acids is 1. The highest BCUT2D eigenvalue weighted by Gasteiger charge is 2.34. The van der Waals surface area contributed by atoms with E-state index in [0.717, 1.165) is 18.6 Å². The van der Waals surface area contributed by atoms with Gasteiger partial charge in [-0.3, -0.25) is 9.59 Å². The summed E-state index contributed by atoms with van der Waals surface area (Å²) in [5, 5.41) is 9.02. The molecule has 1 N–H and O–H groups in total. The summed E-state index contributed by atoms with van der Waals surface area (Å²) in [6.45, 7) is 4.04. The first-order chi connectivity index (χ1) is 10.5. The van der Waals surface area contributed by atoms with Crippen LogP contribution in [0.2, 0.25) is 0 Å². The van der Waals surface area contributed by atoms with Gasteiger partial charge in [-0.2, -0.15) is 0 Å². The number of nitrogens with zero attached hydrogens (tertiary/aromatic N) is 1. The Labute approximate surface area is 135 Å². The van der Waals surface area contributed by atoms with Crippen LogP contribution in [-0.2, 0) is 15.3 Å². The minimum atomic E-state index is -0.842. The summed E-state index contributed by atoms with van der Waals surface area (Å²) in [6, 6.07) is 8.53. The van der Waals surface area contributed by atoms with Crippen molar-refractivity contribution in [1.82, 2.24) is 4.90 Å². The molecule has 4 nitrogen and oxygen atoms in total. The molecule has 1 aliphatic carbocycles. The van der Waals surface area contributed by atoms with E-state index in [-0.39, 0.29) is 11.9 Å². The third-order valence-corrected chi connectivity index (χ3v) is 4.77. The second-order valence-corrected chi connectivity index (χ2v) is 6.98. The Morgan fingerprint density at radius 3 is 2.73 bits per heavy atom. The maximum absolute atomic E-state index is 12.4. The van der Waals surface area contributed by atoms with Crippen LogP contribution in [0.5, 0.6) is 0 Å². The topological polar surface area (TPSA) is 57.6 Å². The first kappa shape index (κ1) is 16.9. The predicted molar refractivity (Wildman–Crippen MR) is 88.9 cm³/mol. The molecule has 1 fully saturated rings. The molecule has 0 bridgehead atoms. The minimum Gasteiger partial charge on any atom is -0.481 e. The number of carboxylic acids is 1. The van der Waals surface area contributed by atoms with Gasteiger partial charge >= 0.3 is 5.97 Å². The number of hydrogen-bond donors (Lipinski definition) is 1. The van der Waals surface area contributed by atoms with Gasteiger partial charge in [-0.25, -0.2) is 0 Å². The molecule has 1 aliphatic rings.